The molecule has 2 nitrogen and oxygen atoms in total. The van der Waals surface area contributed by atoms with Crippen LogP contribution >= 0.6 is 22.9 Å². The number of benzene rings is 1. The molecule has 3 rings (SSSR count). The van der Waals surface area contributed by atoms with Crippen LogP contribution in [-0.2, 0) is 6.42 Å². The molecule has 1 N–H and O–H groups in total. The molecule has 1 aliphatic carbocycles. The Labute approximate surface area is 125 Å². The molecule has 0 aliphatic heterocycles. The summed E-state index contributed by atoms with van der Waals surface area (Å²) >= 11 is 7.69. The first kappa shape index (κ1) is 13.4. The number of halogens is 2. The predicted molar refractivity (Wildman–Crippen MR) is 79.7 cm³/mol. The van der Waals surface area contributed by atoms with Gasteiger partial charge in [-0.3, -0.25) is 0 Å². The Hall–Kier alpha value is -1.57. The first-order valence-corrected chi connectivity index (χ1v) is 7.61. The number of fused-ring (bicyclic) bond motifs is 1. The molecule has 1 unspecified atom stereocenters. The van der Waals surface area contributed by atoms with Crippen LogP contribution in [0.15, 0.2) is 24.3 Å². The zero-order valence-electron chi connectivity index (χ0n) is 10.6. The highest BCUT2D eigenvalue weighted by atomic mass is 35.5. The standard InChI is InChI=1S/C15H12ClFN2S/c16-15-7-9-12(5-2-6-14(9)20-15)19-13-4-1-3-11(17)10(13)8-18/h1,3-4,7,12,19H,2,5-6H2. The predicted octanol–water partition coefficient (Wildman–Crippen LogP) is 4.90. The molecule has 1 aliphatic rings. The summed E-state index contributed by atoms with van der Waals surface area (Å²) in [6, 6.07) is 8.65. The van der Waals surface area contributed by atoms with Crippen molar-refractivity contribution in [3.8, 4) is 6.07 Å². The van der Waals surface area contributed by atoms with Crippen LogP contribution in [0.4, 0.5) is 10.1 Å². The van der Waals surface area contributed by atoms with Gasteiger partial charge in [-0.1, -0.05) is 17.7 Å². The van der Waals surface area contributed by atoms with E-state index in [1.54, 1.807) is 23.5 Å². The van der Waals surface area contributed by atoms with Gasteiger partial charge in [-0.05, 0) is 43.0 Å². The van der Waals surface area contributed by atoms with E-state index in [0.29, 0.717) is 5.69 Å². The molecule has 20 heavy (non-hydrogen) atoms. The molecule has 102 valence electrons. The Morgan fingerprint density at radius 2 is 2.30 bits per heavy atom. The highest BCUT2D eigenvalue weighted by molar-refractivity contribution is 7.16. The van der Waals surface area contributed by atoms with Crippen LogP contribution in [0.3, 0.4) is 0 Å². The van der Waals surface area contributed by atoms with Gasteiger partial charge < -0.3 is 5.32 Å². The lowest BCUT2D eigenvalue weighted by Crippen LogP contribution is -2.16. The van der Waals surface area contributed by atoms with Crippen molar-refractivity contribution in [2.45, 2.75) is 25.3 Å². The van der Waals surface area contributed by atoms with Crippen molar-refractivity contribution in [1.29, 1.82) is 5.26 Å². The molecule has 5 heteroatoms. The van der Waals surface area contributed by atoms with Crippen LogP contribution in [0.1, 0.15) is 34.9 Å². The molecular formula is C15H12ClFN2S. The van der Waals surface area contributed by atoms with Crippen molar-refractivity contribution < 1.29 is 4.39 Å². The molecule has 0 saturated heterocycles. The number of aryl methyl sites for hydroxylation is 1. The summed E-state index contributed by atoms with van der Waals surface area (Å²) in [6.07, 6.45) is 3.07. The van der Waals surface area contributed by atoms with Crippen molar-refractivity contribution in [1.82, 2.24) is 0 Å². The summed E-state index contributed by atoms with van der Waals surface area (Å²) in [4.78, 5) is 1.29. The third-order valence-electron chi connectivity index (χ3n) is 3.54. The summed E-state index contributed by atoms with van der Waals surface area (Å²) in [5.41, 5.74) is 1.80. The van der Waals surface area contributed by atoms with E-state index in [9.17, 15) is 4.39 Å². The molecular weight excluding hydrogens is 295 g/mol. The van der Waals surface area contributed by atoms with Crippen molar-refractivity contribution in [3.63, 3.8) is 0 Å². The molecule has 1 aromatic carbocycles. The average molecular weight is 307 g/mol. The van der Waals surface area contributed by atoms with E-state index < -0.39 is 5.82 Å². The van der Waals surface area contributed by atoms with E-state index >= 15 is 0 Å². The summed E-state index contributed by atoms with van der Waals surface area (Å²) < 4.78 is 14.4. The van der Waals surface area contributed by atoms with Crippen molar-refractivity contribution >= 4 is 28.6 Å². The second-order valence-electron chi connectivity index (χ2n) is 4.79. The number of nitrogens with one attached hydrogen (secondary N) is 1. The number of hydrogen-bond acceptors (Lipinski definition) is 3. The van der Waals surface area contributed by atoms with E-state index in [1.165, 1.54) is 16.5 Å². The lowest BCUT2D eigenvalue weighted by Gasteiger charge is -2.25. The van der Waals surface area contributed by atoms with Gasteiger partial charge in [0.25, 0.3) is 0 Å². The minimum atomic E-state index is -0.489. The van der Waals surface area contributed by atoms with Gasteiger partial charge in [0, 0.05) is 4.88 Å². The fourth-order valence-electron chi connectivity index (χ4n) is 2.62. The van der Waals surface area contributed by atoms with Crippen LogP contribution in [-0.4, -0.2) is 0 Å². The van der Waals surface area contributed by atoms with Gasteiger partial charge >= 0.3 is 0 Å². The highest BCUT2D eigenvalue weighted by Gasteiger charge is 2.23. The molecule has 0 bridgehead atoms. The molecule has 0 spiro atoms. The third-order valence-corrected chi connectivity index (χ3v) is 4.88. The maximum atomic E-state index is 13.6. The van der Waals surface area contributed by atoms with Gasteiger partial charge in [0.1, 0.15) is 17.4 Å². The maximum Gasteiger partial charge on any atom is 0.143 e. The largest absolute Gasteiger partial charge is 0.377 e. The summed E-state index contributed by atoms with van der Waals surface area (Å²) in [6.45, 7) is 0. The second kappa shape index (κ2) is 5.43. The topological polar surface area (TPSA) is 35.8 Å². The average Bonchev–Trinajstić information content (AvgIpc) is 2.80. The van der Waals surface area contributed by atoms with Crippen LogP contribution in [0.25, 0.3) is 0 Å². The number of nitriles is 1. The molecule has 1 atom stereocenters. The summed E-state index contributed by atoms with van der Waals surface area (Å²) in [5.74, 6) is -0.489. The molecule has 1 heterocycles. The Kier molecular flexibility index (Phi) is 3.64. The zero-order valence-corrected chi connectivity index (χ0v) is 12.2. The zero-order chi connectivity index (χ0) is 14.1. The van der Waals surface area contributed by atoms with Gasteiger partial charge in [-0.2, -0.15) is 5.26 Å². The lowest BCUT2D eigenvalue weighted by molar-refractivity contribution is 0.604. The number of hydrogen-bond donors (Lipinski definition) is 1. The third kappa shape index (κ3) is 2.39. The minimum absolute atomic E-state index is 0.0703. The Morgan fingerprint density at radius 1 is 1.45 bits per heavy atom. The number of rotatable bonds is 2. The smallest absolute Gasteiger partial charge is 0.143 e. The van der Waals surface area contributed by atoms with E-state index in [-0.39, 0.29) is 11.6 Å². The van der Waals surface area contributed by atoms with E-state index in [2.05, 4.69) is 5.32 Å². The van der Waals surface area contributed by atoms with Crippen molar-refractivity contribution in [2.75, 3.05) is 5.32 Å². The lowest BCUT2D eigenvalue weighted by atomic mass is 9.93. The normalized spacial score (nSPS) is 17.4. The van der Waals surface area contributed by atoms with Gasteiger partial charge in [0.15, 0.2) is 0 Å². The Balaban J connectivity index is 1.94. The highest BCUT2D eigenvalue weighted by Crippen LogP contribution is 2.39. The Bertz CT molecular complexity index is 690. The molecule has 0 amide bonds. The molecule has 0 saturated carbocycles. The van der Waals surface area contributed by atoms with Crippen LogP contribution in [0.5, 0.6) is 0 Å². The van der Waals surface area contributed by atoms with Crippen LogP contribution in [0.2, 0.25) is 4.34 Å². The quantitative estimate of drug-likeness (QED) is 0.856. The Morgan fingerprint density at radius 3 is 3.10 bits per heavy atom. The molecule has 2 aromatic rings. The minimum Gasteiger partial charge on any atom is -0.377 e. The summed E-state index contributed by atoms with van der Waals surface area (Å²) in [5, 5.41) is 12.4. The molecule has 0 radical (unpaired) electrons. The second-order valence-corrected chi connectivity index (χ2v) is 6.56. The van der Waals surface area contributed by atoms with Crippen molar-refractivity contribution in [3.05, 3.63) is 50.4 Å². The van der Waals surface area contributed by atoms with Crippen LogP contribution < -0.4 is 5.32 Å². The van der Waals surface area contributed by atoms with Crippen molar-refractivity contribution in [2.24, 2.45) is 0 Å². The van der Waals surface area contributed by atoms with Gasteiger partial charge in [0.05, 0.1) is 16.1 Å². The number of thiophene rings is 1. The SMILES string of the molecule is N#Cc1c(F)cccc1NC1CCCc2sc(Cl)cc21. The van der Waals surface area contributed by atoms with E-state index in [1.807, 2.05) is 12.1 Å². The fraction of sp³-hybridized carbons (Fsp3) is 0.267. The van der Waals surface area contributed by atoms with E-state index in [4.69, 9.17) is 16.9 Å². The first-order valence-electron chi connectivity index (χ1n) is 6.42. The van der Waals surface area contributed by atoms with Gasteiger partial charge in [-0.15, -0.1) is 11.3 Å². The fourth-order valence-corrected chi connectivity index (χ4v) is 4.00. The monoisotopic (exact) mass is 306 g/mol. The van der Waals surface area contributed by atoms with Gasteiger partial charge in [0.2, 0.25) is 0 Å². The van der Waals surface area contributed by atoms with E-state index in [0.717, 1.165) is 23.6 Å². The number of nitrogens with zero attached hydrogens (tertiary/aromatic N) is 1. The van der Waals surface area contributed by atoms with Crippen LogP contribution in [0, 0.1) is 17.1 Å². The maximum absolute atomic E-state index is 13.6. The number of anilines is 1. The van der Waals surface area contributed by atoms with Gasteiger partial charge in [-0.25, -0.2) is 4.39 Å². The summed E-state index contributed by atoms with van der Waals surface area (Å²) in [7, 11) is 0. The molecule has 1 aromatic heterocycles. The molecule has 0 fully saturated rings. The first-order chi connectivity index (χ1) is 9.69.